The number of nitrogens with zero attached hydrogens (tertiary/aromatic N) is 1. The van der Waals surface area contributed by atoms with Crippen molar-refractivity contribution >= 4 is 23.3 Å². The van der Waals surface area contributed by atoms with Crippen LogP contribution in [0, 0.1) is 10.1 Å². The minimum absolute atomic E-state index is 0.0298. The van der Waals surface area contributed by atoms with Crippen LogP contribution in [0.15, 0.2) is 12.1 Å². The SMILES string of the molecule is CCOC(=O)CC(O)C(O)c1cc([N+](=O)[O-])c(OC)cc1Cl. The highest BCUT2D eigenvalue weighted by molar-refractivity contribution is 6.31. The van der Waals surface area contributed by atoms with Crippen LogP contribution in [0.3, 0.4) is 0 Å². The van der Waals surface area contributed by atoms with Crippen LogP contribution in [0.25, 0.3) is 0 Å². The fourth-order valence-corrected chi connectivity index (χ4v) is 2.07. The molecule has 0 amide bonds. The fraction of sp³-hybridized carbons (Fsp3) is 0.462. The molecule has 9 heteroatoms. The molecule has 0 aliphatic rings. The molecule has 0 radical (unpaired) electrons. The van der Waals surface area contributed by atoms with Crippen LogP contribution in [-0.2, 0) is 9.53 Å². The first-order valence-electron chi connectivity index (χ1n) is 6.35. The Morgan fingerprint density at radius 2 is 2.09 bits per heavy atom. The second kappa shape index (κ2) is 7.92. The molecule has 1 aromatic rings. The van der Waals surface area contributed by atoms with E-state index in [1.54, 1.807) is 6.92 Å². The number of nitro groups is 1. The summed E-state index contributed by atoms with van der Waals surface area (Å²) in [5.41, 5.74) is -0.491. The molecule has 0 saturated heterocycles. The summed E-state index contributed by atoms with van der Waals surface area (Å²) in [6, 6.07) is 2.16. The number of halogens is 1. The lowest BCUT2D eigenvalue weighted by molar-refractivity contribution is -0.385. The number of aliphatic hydroxyl groups is 2. The Hall–Kier alpha value is -1.90. The van der Waals surface area contributed by atoms with Crippen molar-refractivity contribution in [1.82, 2.24) is 0 Å². The Bertz CT molecular complexity index is 564. The minimum Gasteiger partial charge on any atom is -0.490 e. The number of nitro benzene ring substituents is 1. The second-order valence-electron chi connectivity index (χ2n) is 4.32. The molecule has 0 spiro atoms. The summed E-state index contributed by atoms with van der Waals surface area (Å²) in [7, 11) is 1.24. The van der Waals surface area contributed by atoms with Gasteiger partial charge in [-0.1, -0.05) is 11.6 Å². The normalized spacial score (nSPS) is 13.3. The number of benzene rings is 1. The van der Waals surface area contributed by atoms with E-state index in [0.29, 0.717) is 0 Å². The summed E-state index contributed by atoms with van der Waals surface area (Å²) in [5.74, 6) is -0.779. The van der Waals surface area contributed by atoms with Gasteiger partial charge in [0.25, 0.3) is 0 Å². The van der Waals surface area contributed by atoms with Crippen molar-refractivity contribution in [3.05, 3.63) is 32.8 Å². The number of methoxy groups -OCH3 is 1. The molecule has 0 aliphatic carbocycles. The number of ether oxygens (including phenoxy) is 2. The van der Waals surface area contributed by atoms with Crippen LogP contribution in [-0.4, -0.2) is 40.9 Å². The topological polar surface area (TPSA) is 119 Å². The molecule has 0 saturated carbocycles. The van der Waals surface area contributed by atoms with E-state index in [-0.39, 0.29) is 22.9 Å². The van der Waals surface area contributed by atoms with Gasteiger partial charge in [0.2, 0.25) is 0 Å². The molecule has 1 aromatic carbocycles. The van der Waals surface area contributed by atoms with Gasteiger partial charge in [0.15, 0.2) is 5.75 Å². The van der Waals surface area contributed by atoms with E-state index in [1.807, 2.05) is 0 Å². The molecule has 0 heterocycles. The van der Waals surface area contributed by atoms with Crippen molar-refractivity contribution in [3.8, 4) is 5.75 Å². The molecule has 0 aromatic heterocycles. The van der Waals surface area contributed by atoms with Crippen LogP contribution in [0.4, 0.5) is 5.69 Å². The predicted molar refractivity (Wildman–Crippen MR) is 76.9 cm³/mol. The molecule has 0 fully saturated rings. The summed E-state index contributed by atoms with van der Waals surface area (Å²) < 4.78 is 9.49. The number of carbonyl (C=O) groups excluding carboxylic acids is 1. The molecule has 2 unspecified atom stereocenters. The first kappa shape index (κ1) is 18.1. The van der Waals surface area contributed by atoms with E-state index in [9.17, 15) is 25.1 Å². The van der Waals surface area contributed by atoms with E-state index in [2.05, 4.69) is 4.74 Å². The molecule has 0 bridgehead atoms. The Kier molecular flexibility index (Phi) is 6.54. The van der Waals surface area contributed by atoms with Crippen LogP contribution in [0.5, 0.6) is 5.75 Å². The Labute approximate surface area is 131 Å². The molecule has 0 aliphatic heterocycles. The van der Waals surface area contributed by atoms with Crippen molar-refractivity contribution in [2.45, 2.75) is 25.6 Å². The summed E-state index contributed by atoms with van der Waals surface area (Å²) in [5, 5.41) is 30.8. The van der Waals surface area contributed by atoms with Crippen LogP contribution >= 0.6 is 11.6 Å². The molecular formula is C13H16ClNO7. The third-order valence-electron chi connectivity index (χ3n) is 2.86. The molecule has 122 valence electrons. The van der Waals surface area contributed by atoms with Crippen LogP contribution in [0.1, 0.15) is 25.0 Å². The van der Waals surface area contributed by atoms with Gasteiger partial charge in [-0.15, -0.1) is 0 Å². The van der Waals surface area contributed by atoms with Crippen molar-refractivity contribution < 1.29 is 29.4 Å². The highest BCUT2D eigenvalue weighted by Crippen LogP contribution is 2.36. The van der Waals surface area contributed by atoms with Gasteiger partial charge in [0.1, 0.15) is 6.10 Å². The van der Waals surface area contributed by atoms with Gasteiger partial charge in [-0.3, -0.25) is 14.9 Å². The number of aliphatic hydroxyl groups excluding tert-OH is 2. The first-order chi connectivity index (χ1) is 10.3. The number of hydrogen-bond donors (Lipinski definition) is 2. The van der Waals surface area contributed by atoms with Crippen LogP contribution < -0.4 is 4.74 Å². The Balaban J connectivity index is 3.06. The van der Waals surface area contributed by atoms with Gasteiger partial charge >= 0.3 is 11.7 Å². The van der Waals surface area contributed by atoms with Crippen LogP contribution in [0.2, 0.25) is 5.02 Å². The highest BCUT2D eigenvalue weighted by atomic mass is 35.5. The third-order valence-corrected chi connectivity index (χ3v) is 3.19. The molecule has 22 heavy (non-hydrogen) atoms. The molecule has 1 rings (SSSR count). The smallest absolute Gasteiger partial charge is 0.311 e. The lowest BCUT2D eigenvalue weighted by atomic mass is 10.0. The number of rotatable bonds is 7. The second-order valence-corrected chi connectivity index (χ2v) is 4.73. The van der Waals surface area contributed by atoms with Crippen molar-refractivity contribution in [2.24, 2.45) is 0 Å². The zero-order valence-corrected chi connectivity index (χ0v) is 12.7. The van der Waals surface area contributed by atoms with Gasteiger partial charge < -0.3 is 19.7 Å². The monoisotopic (exact) mass is 333 g/mol. The summed E-state index contributed by atoms with van der Waals surface area (Å²) in [4.78, 5) is 21.6. The van der Waals surface area contributed by atoms with Crippen molar-refractivity contribution in [3.63, 3.8) is 0 Å². The van der Waals surface area contributed by atoms with Gasteiger partial charge in [0.05, 0.1) is 36.2 Å². The molecule has 8 nitrogen and oxygen atoms in total. The predicted octanol–water partition coefficient (Wildman–Crippen LogP) is 1.60. The molecule has 2 N–H and O–H groups in total. The van der Waals surface area contributed by atoms with E-state index in [0.717, 1.165) is 12.1 Å². The summed E-state index contributed by atoms with van der Waals surface area (Å²) >= 11 is 5.93. The van der Waals surface area contributed by atoms with Gasteiger partial charge in [-0.05, 0) is 6.92 Å². The maximum atomic E-state index is 11.3. The van der Waals surface area contributed by atoms with Crippen molar-refractivity contribution in [2.75, 3.05) is 13.7 Å². The average Bonchev–Trinajstić information content (AvgIpc) is 2.45. The molecule has 2 atom stereocenters. The van der Waals surface area contributed by atoms with Gasteiger partial charge in [-0.2, -0.15) is 0 Å². The van der Waals surface area contributed by atoms with Gasteiger partial charge in [-0.25, -0.2) is 0 Å². The number of hydrogen-bond acceptors (Lipinski definition) is 7. The highest BCUT2D eigenvalue weighted by Gasteiger charge is 2.28. The van der Waals surface area contributed by atoms with E-state index < -0.39 is 35.2 Å². The standard InChI is InChI=1S/C13H16ClNO7/c1-3-22-12(17)6-10(16)13(18)7-4-9(15(19)20)11(21-2)5-8(7)14/h4-5,10,13,16,18H,3,6H2,1-2H3. The quantitative estimate of drug-likeness (QED) is 0.442. The van der Waals surface area contributed by atoms with E-state index in [4.69, 9.17) is 16.3 Å². The molecular weight excluding hydrogens is 318 g/mol. The van der Waals surface area contributed by atoms with E-state index in [1.165, 1.54) is 7.11 Å². The third kappa shape index (κ3) is 4.30. The lowest BCUT2D eigenvalue weighted by Gasteiger charge is -2.19. The number of esters is 1. The zero-order valence-electron chi connectivity index (χ0n) is 12.0. The Morgan fingerprint density at radius 1 is 1.45 bits per heavy atom. The first-order valence-corrected chi connectivity index (χ1v) is 6.73. The average molecular weight is 334 g/mol. The fourth-order valence-electron chi connectivity index (χ4n) is 1.80. The summed E-state index contributed by atoms with van der Waals surface area (Å²) in [6.45, 7) is 1.74. The van der Waals surface area contributed by atoms with Gasteiger partial charge in [0, 0.05) is 17.7 Å². The largest absolute Gasteiger partial charge is 0.490 e. The number of carbonyl (C=O) groups is 1. The lowest BCUT2D eigenvalue weighted by Crippen LogP contribution is -2.23. The maximum Gasteiger partial charge on any atom is 0.311 e. The van der Waals surface area contributed by atoms with Crippen molar-refractivity contribution in [1.29, 1.82) is 0 Å². The zero-order chi connectivity index (χ0) is 16.9. The minimum atomic E-state index is -1.58. The Morgan fingerprint density at radius 3 is 2.59 bits per heavy atom. The summed E-state index contributed by atoms with van der Waals surface area (Å²) in [6.07, 6.45) is -3.56. The van der Waals surface area contributed by atoms with E-state index >= 15 is 0 Å². The maximum absolute atomic E-state index is 11.3.